The number of fused-ring (bicyclic) bond motifs is 5. The monoisotopic (exact) mass is 379 g/mol. The number of halogens is 4. The first-order valence-corrected chi connectivity index (χ1v) is 9.09. The first kappa shape index (κ1) is 18.3. The number of hydrogen-bond donors (Lipinski definition) is 1. The molecular formula is C20H21F4N3. The maximum Gasteiger partial charge on any atom is 0.250 e. The molecule has 1 saturated carbocycles. The van der Waals surface area contributed by atoms with Gasteiger partial charge in [0.15, 0.2) is 0 Å². The third kappa shape index (κ3) is 2.58. The standard InChI is InChI=1S/C20H21F4N3/c1-19(2)12-6-7-20(19,10-25-9-16(23)24)18-11(12)8-15(26-27-18)17-13(21)4-3-5-14(17)22/h3-5,8,12,16,25H,6-7,9-10H2,1-2H3/t12-,20-/m0/s1. The van der Waals surface area contributed by atoms with E-state index in [2.05, 4.69) is 29.4 Å². The van der Waals surface area contributed by atoms with Crippen molar-refractivity contribution in [3.8, 4) is 11.3 Å². The van der Waals surface area contributed by atoms with Crippen molar-refractivity contribution in [1.29, 1.82) is 0 Å². The summed E-state index contributed by atoms with van der Waals surface area (Å²) < 4.78 is 53.5. The van der Waals surface area contributed by atoms with Crippen molar-refractivity contribution in [1.82, 2.24) is 15.5 Å². The molecule has 0 spiro atoms. The molecule has 2 aliphatic carbocycles. The molecule has 3 nitrogen and oxygen atoms in total. The van der Waals surface area contributed by atoms with Gasteiger partial charge in [0, 0.05) is 12.0 Å². The number of aromatic nitrogens is 2. The van der Waals surface area contributed by atoms with Crippen LogP contribution in [0.4, 0.5) is 17.6 Å². The van der Waals surface area contributed by atoms with Crippen LogP contribution >= 0.6 is 0 Å². The van der Waals surface area contributed by atoms with Crippen LogP contribution in [0.2, 0.25) is 0 Å². The Morgan fingerprint density at radius 2 is 1.89 bits per heavy atom. The van der Waals surface area contributed by atoms with E-state index in [1.165, 1.54) is 18.2 Å². The van der Waals surface area contributed by atoms with Crippen LogP contribution in [0.3, 0.4) is 0 Å². The third-order valence-electron chi connectivity index (χ3n) is 6.56. The molecule has 1 N–H and O–H groups in total. The molecule has 144 valence electrons. The molecule has 2 aliphatic rings. The van der Waals surface area contributed by atoms with Gasteiger partial charge in [-0.05, 0) is 47.9 Å². The summed E-state index contributed by atoms with van der Waals surface area (Å²) in [6.45, 7) is 4.24. The quantitative estimate of drug-likeness (QED) is 0.781. The number of hydrogen-bond acceptors (Lipinski definition) is 3. The normalized spacial score (nSPS) is 25.2. The molecule has 2 bridgehead atoms. The Morgan fingerprint density at radius 1 is 1.19 bits per heavy atom. The summed E-state index contributed by atoms with van der Waals surface area (Å²) in [5.41, 5.74) is 1.08. The predicted molar refractivity (Wildman–Crippen MR) is 93.7 cm³/mol. The van der Waals surface area contributed by atoms with Crippen molar-refractivity contribution in [2.45, 2.75) is 44.4 Å². The van der Waals surface area contributed by atoms with Crippen LogP contribution in [0.1, 0.15) is 43.9 Å². The molecule has 1 heterocycles. The van der Waals surface area contributed by atoms with Crippen LogP contribution in [0.15, 0.2) is 24.3 Å². The van der Waals surface area contributed by atoms with Crippen molar-refractivity contribution in [2.24, 2.45) is 5.41 Å². The summed E-state index contributed by atoms with van der Waals surface area (Å²) in [4.78, 5) is 0. The first-order chi connectivity index (χ1) is 12.8. The lowest BCUT2D eigenvalue weighted by Crippen LogP contribution is -2.45. The van der Waals surface area contributed by atoms with Gasteiger partial charge in [-0.15, -0.1) is 0 Å². The fourth-order valence-corrected chi connectivity index (χ4v) is 5.08. The van der Waals surface area contributed by atoms with Gasteiger partial charge >= 0.3 is 0 Å². The largest absolute Gasteiger partial charge is 0.310 e. The number of nitrogens with one attached hydrogen (secondary N) is 1. The van der Waals surface area contributed by atoms with Crippen LogP contribution in [-0.2, 0) is 5.41 Å². The van der Waals surface area contributed by atoms with Crippen molar-refractivity contribution < 1.29 is 17.6 Å². The molecule has 2 aromatic rings. The van der Waals surface area contributed by atoms with E-state index < -0.39 is 23.5 Å². The minimum absolute atomic E-state index is 0.157. The summed E-state index contributed by atoms with van der Waals surface area (Å²) in [5, 5.41) is 11.3. The Kier molecular flexibility index (Phi) is 4.25. The number of benzene rings is 1. The van der Waals surface area contributed by atoms with Gasteiger partial charge < -0.3 is 5.32 Å². The van der Waals surface area contributed by atoms with Gasteiger partial charge in [-0.3, -0.25) is 0 Å². The molecular weight excluding hydrogens is 358 g/mol. The van der Waals surface area contributed by atoms with E-state index in [9.17, 15) is 17.6 Å². The topological polar surface area (TPSA) is 37.8 Å². The zero-order valence-corrected chi connectivity index (χ0v) is 15.2. The minimum Gasteiger partial charge on any atom is -0.310 e. The Bertz CT molecular complexity index is 863. The summed E-state index contributed by atoms with van der Waals surface area (Å²) in [6, 6.07) is 5.42. The maximum atomic E-state index is 14.2. The molecule has 0 amide bonds. The van der Waals surface area contributed by atoms with Crippen LogP contribution < -0.4 is 5.32 Å². The summed E-state index contributed by atoms with van der Waals surface area (Å²) in [7, 11) is 0. The van der Waals surface area contributed by atoms with E-state index >= 15 is 0 Å². The van der Waals surface area contributed by atoms with E-state index in [0.29, 0.717) is 6.54 Å². The van der Waals surface area contributed by atoms with Gasteiger partial charge in [-0.25, -0.2) is 17.6 Å². The molecule has 27 heavy (non-hydrogen) atoms. The molecule has 0 saturated heterocycles. The molecule has 0 unspecified atom stereocenters. The number of nitrogens with zero attached hydrogens (tertiary/aromatic N) is 2. The zero-order valence-electron chi connectivity index (χ0n) is 15.2. The predicted octanol–water partition coefficient (Wildman–Crippen LogP) is 4.43. The molecule has 0 aliphatic heterocycles. The summed E-state index contributed by atoms with van der Waals surface area (Å²) >= 11 is 0. The van der Waals surface area contributed by atoms with Crippen molar-refractivity contribution in [3.63, 3.8) is 0 Å². The second-order valence-electron chi connectivity index (χ2n) is 8.05. The maximum absolute atomic E-state index is 14.2. The highest BCUT2D eigenvalue weighted by Crippen LogP contribution is 2.67. The van der Waals surface area contributed by atoms with Gasteiger partial charge in [-0.2, -0.15) is 10.2 Å². The highest BCUT2D eigenvalue weighted by Gasteiger charge is 2.63. The first-order valence-electron chi connectivity index (χ1n) is 9.09. The molecule has 4 rings (SSSR count). The molecule has 2 atom stereocenters. The lowest BCUT2D eigenvalue weighted by atomic mass is 9.68. The van der Waals surface area contributed by atoms with E-state index in [0.717, 1.165) is 24.1 Å². The minimum atomic E-state index is -2.42. The second kappa shape index (κ2) is 6.26. The fourth-order valence-electron chi connectivity index (χ4n) is 5.08. The van der Waals surface area contributed by atoms with E-state index in [1.807, 2.05) is 0 Å². The Balaban J connectivity index is 1.77. The second-order valence-corrected chi connectivity index (χ2v) is 8.05. The highest BCUT2D eigenvalue weighted by atomic mass is 19.3. The van der Waals surface area contributed by atoms with Gasteiger partial charge in [0.1, 0.15) is 11.6 Å². The average Bonchev–Trinajstić information content (AvgIpc) is 2.95. The summed E-state index contributed by atoms with van der Waals surface area (Å²) in [6.07, 6.45) is -0.697. The van der Waals surface area contributed by atoms with Crippen LogP contribution in [0, 0.1) is 17.0 Å². The van der Waals surface area contributed by atoms with Crippen LogP contribution in [0.25, 0.3) is 11.3 Å². The smallest absolute Gasteiger partial charge is 0.250 e. The fraction of sp³-hybridized carbons (Fsp3) is 0.500. The van der Waals surface area contributed by atoms with Gasteiger partial charge in [0.2, 0.25) is 0 Å². The lowest BCUT2D eigenvalue weighted by Gasteiger charge is -2.38. The van der Waals surface area contributed by atoms with Crippen LogP contribution in [0.5, 0.6) is 0 Å². The number of alkyl halides is 2. The molecule has 1 fully saturated rings. The van der Waals surface area contributed by atoms with E-state index in [4.69, 9.17) is 0 Å². The average molecular weight is 379 g/mol. The molecule has 7 heteroatoms. The Hall–Kier alpha value is -2.02. The van der Waals surface area contributed by atoms with Gasteiger partial charge in [0.25, 0.3) is 6.43 Å². The summed E-state index contributed by atoms with van der Waals surface area (Å²) in [5.74, 6) is -1.20. The third-order valence-corrected chi connectivity index (χ3v) is 6.56. The van der Waals surface area contributed by atoms with E-state index in [1.54, 1.807) is 6.07 Å². The number of rotatable bonds is 5. The van der Waals surface area contributed by atoms with Crippen molar-refractivity contribution in [3.05, 3.63) is 47.2 Å². The Morgan fingerprint density at radius 3 is 2.56 bits per heavy atom. The van der Waals surface area contributed by atoms with Crippen molar-refractivity contribution >= 4 is 0 Å². The zero-order chi connectivity index (χ0) is 19.4. The molecule has 1 aromatic heterocycles. The van der Waals surface area contributed by atoms with Crippen molar-refractivity contribution in [2.75, 3.05) is 13.1 Å². The van der Waals surface area contributed by atoms with Gasteiger partial charge in [0.05, 0.1) is 23.5 Å². The van der Waals surface area contributed by atoms with Gasteiger partial charge in [-0.1, -0.05) is 19.9 Å². The van der Waals surface area contributed by atoms with E-state index in [-0.39, 0.29) is 29.1 Å². The Labute approximate surface area is 155 Å². The molecule has 0 radical (unpaired) electrons. The molecule has 1 aromatic carbocycles. The highest BCUT2D eigenvalue weighted by molar-refractivity contribution is 5.63. The SMILES string of the molecule is CC1(C)[C@H]2CC[C@]1(CNCC(F)F)c1nnc(-c3c(F)cccc3F)cc12. The van der Waals surface area contributed by atoms with Crippen LogP contribution in [-0.4, -0.2) is 29.7 Å². The lowest BCUT2D eigenvalue weighted by molar-refractivity contribution is 0.133.